The second kappa shape index (κ2) is 8.93. The predicted octanol–water partition coefficient (Wildman–Crippen LogP) is 3.01. The lowest BCUT2D eigenvalue weighted by atomic mass is 10.1. The number of methoxy groups -OCH3 is 1. The molecule has 0 unspecified atom stereocenters. The van der Waals surface area contributed by atoms with Gasteiger partial charge in [0.2, 0.25) is 0 Å². The van der Waals surface area contributed by atoms with Gasteiger partial charge in [-0.2, -0.15) is 0 Å². The summed E-state index contributed by atoms with van der Waals surface area (Å²) >= 11 is 0. The number of anilines is 1. The maximum absolute atomic E-state index is 5.06. The van der Waals surface area contributed by atoms with Crippen LogP contribution in [0.3, 0.4) is 0 Å². The average molecular weight is 279 g/mol. The van der Waals surface area contributed by atoms with Crippen LogP contribution in [0, 0.1) is 5.92 Å². The molecular formula is C16H29N3O. The summed E-state index contributed by atoms with van der Waals surface area (Å²) in [5.41, 5.74) is 2.41. The molecule has 0 aliphatic carbocycles. The van der Waals surface area contributed by atoms with Gasteiger partial charge in [0.15, 0.2) is 0 Å². The Balaban J connectivity index is 2.71. The average Bonchev–Trinajstić information content (AvgIpc) is 2.38. The second-order valence-electron chi connectivity index (χ2n) is 5.88. The largest absolute Gasteiger partial charge is 0.383 e. The lowest BCUT2D eigenvalue weighted by molar-refractivity contribution is 0.210. The zero-order valence-electron chi connectivity index (χ0n) is 13.5. The van der Waals surface area contributed by atoms with Crippen LogP contribution in [0.25, 0.3) is 0 Å². The molecule has 0 spiro atoms. The Morgan fingerprint density at radius 2 is 1.95 bits per heavy atom. The van der Waals surface area contributed by atoms with Crippen LogP contribution in [0.2, 0.25) is 0 Å². The van der Waals surface area contributed by atoms with E-state index in [0.29, 0.717) is 18.4 Å². The van der Waals surface area contributed by atoms with E-state index in [1.54, 1.807) is 7.11 Å². The third-order valence-electron chi connectivity index (χ3n) is 2.99. The Kier molecular flexibility index (Phi) is 7.55. The summed E-state index contributed by atoms with van der Waals surface area (Å²) in [5.74, 6) is 2.04. The summed E-state index contributed by atoms with van der Waals surface area (Å²) in [7, 11) is 1.71. The van der Waals surface area contributed by atoms with E-state index in [-0.39, 0.29) is 0 Å². The van der Waals surface area contributed by atoms with Crippen molar-refractivity contribution in [3.63, 3.8) is 0 Å². The van der Waals surface area contributed by atoms with Crippen LogP contribution < -0.4 is 10.6 Å². The van der Waals surface area contributed by atoms with Crippen LogP contribution in [-0.2, 0) is 11.3 Å². The number of ether oxygens (including phenoxy) is 1. The van der Waals surface area contributed by atoms with Crippen molar-refractivity contribution in [2.45, 2.75) is 40.2 Å². The van der Waals surface area contributed by atoms with Gasteiger partial charge in [-0.15, -0.1) is 0 Å². The summed E-state index contributed by atoms with van der Waals surface area (Å²) < 4.78 is 5.06. The van der Waals surface area contributed by atoms with Gasteiger partial charge in [-0.1, -0.05) is 27.7 Å². The van der Waals surface area contributed by atoms with Gasteiger partial charge in [-0.3, -0.25) is 0 Å². The Bertz CT molecular complexity index is 391. The Hall–Kier alpha value is -1.13. The summed E-state index contributed by atoms with van der Waals surface area (Å²) in [6.45, 7) is 12.2. The van der Waals surface area contributed by atoms with Crippen LogP contribution in [0.4, 0.5) is 5.82 Å². The number of aromatic nitrogens is 1. The lowest BCUT2D eigenvalue weighted by Crippen LogP contribution is -2.19. The first-order valence-corrected chi connectivity index (χ1v) is 7.47. The number of nitrogens with one attached hydrogen (secondary N) is 2. The monoisotopic (exact) mass is 279 g/mol. The van der Waals surface area contributed by atoms with Crippen molar-refractivity contribution in [1.82, 2.24) is 10.3 Å². The van der Waals surface area contributed by atoms with Gasteiger partial charge >= 0.3 is 0 Å². The molecule has 0 saturated carbocycles. The van der Waals surface area contributed by atoms with Gasteiger partial charge < -0.3 is 15.4 Å². The normalized spacial score (nSPS) is 11.3. The highest BCUT2D eigenvalue weighted by molar-refractivity contribution is 5.40. The van der Waals surface area contributed by atoms with Crippen molar-refractivity contribution in [2.24, 2.45) is 5.92 Å². The summed E-state index contributed by atoms with van der Waals surface area (Å²) in [5, 5.41) is 6.80. The molecule has 1 rings (SSSR count). The van der Waals surface area contributed by atoms with Crippen LogP contribution in [-0.4, -0.2) is 31.8 Å². The number of pyridine rings is 1. The van der Waals surface area contributed by atoms with Crippen molar-refractivity contribution in [3.8, 4) is 0 Å². The van der Waals surface area contributed by atoms with Gasteiger partial charge in [0, 0.05) is 25.9 Å². The Labute approximate surface area is 123 Å². The lowest BCUT2D eigenvalue weighted by Gasteiger charge is -2.13. The first kappa shape index (κ1) is 16.9. The molecule has 1 aromatic rings. The molecule has 114 valence electrons. The van der Waals surface area contributed by atoms with E-state index < -0.39 is 0 Å². The number of hydrogen-bond donors (Lipinski definition) is 2. The van der Waals surface area contributed by atoms with E-state index in [4.69, 9.17) is 4.74 Å². The van der Waals surface area contributed by atoms with E-state index >= 15 is 0 Å². The molecule has 0 fully saturated rings. The molecule has 0 aromatic carbocycles. The van der Waals surface area contributed by atoms with E-state index in [9.17, 15) is 0 Å². The van der Waals surface area contributed by atoms with Crippen molar-refractivity contribution < 1.29 is 4.74 Å². The first-order valence-electron chi connectivity index (χ1n) is 7.47. The fourth-order valence-electron chi connectivity index (χ4n) is 1.89. The molecular weight excluding hydrogens is 250 g/mol. The number of hydrogen-bond acceptors (Lipinski definition) is 4. The van der Waals surface area contributed by atoms with Gasteiger partial charge in [-0.05, 0) is 36.1 Å². The van der Waals surface area contributed by atoms with Gasteiger partial charge in [0.25, 0.3) is 0 Å². The highest BCUT2D eigenvalue weighted by Gasteiger charge is 2.06. The minimum atomic E-state index is 0.433. The molecule has 2 N–H and O–H groups in total. The quantitative estimate of drug-likeness (QED) is 0.682. The highest BCUT2D eigenvalue weighted by atomic mass is 16.5. The van der Waals surface area contributed by atoms with Crippen molar-refractivity contribution >= 4 is 5.82 Å². The van der Waals surface area contributed by atoms with Crippen molar-refractivity contribution in [1.29, 1.82) is 0 Å². The smallest absolute Gasteiger partial charge is 0.126 e. The van der Waals surface area contributed by atoms with Crippen LogP contribution in [0.5, 0.6) is 0 Å². The fraction of sp³-hybridized carbons (Fsp3) is 0.688. The molecule has 20 heavy (non-hydrogen) atoms. The Morgan fingerprint density at radius 1 is 1.20 bits per heavy atom. The molecule has 0 amide bonds. The maximum Gasteiger partial charge on any atom is 0.126 e. The second-order valence-corrected chi connectivity index (χ2v) is 5.88. The molecule has 1 heterocycles. The van der Waals surface area contributed by atoms with Crippen LogP contribution in [0.1, 0.15) is 44.9 Å². The molecule has 0 saturated heterocycles. The van der Waals surface area contributed by atoms with Gasteiger partial charge in [-0.25, -0.2) is 4.98 Å². The van der Waals surface area contributed by atoms with Crippen molar-refractivity contribution in [2.75, 3.05) is 32.1 Å². The van der Waals surface area contributed by atoms with E-state index in [2.05, 4.69) is 55.4 Å². The minimum absolute atomic E-state index is 0.433. The summed E-state index contributed by atoms with van der Waals surface area (Å²) in [4.78, 5) is 4.65. The number of rotatable bonds is 9. The van der Waals surface area contributed by atoms with Crippen LogP contribution >= 0.6 is 0 Å². The topological polar surface area (TPSA) is 46.2 Å². The Morgan fingerprint density at radius 3 is 2.55 bits per heavy atom. The third-order valence-corrected chi connectivity index (χ3v) is 2.99. The predicted molar refractivity (Wildman–Crippen MR) is 85.2 cm³/mol. The first-order chi connectivity index (χ1) is 9.52. The summed E-state index contributed by atoms with van der Waals surface area (Å²) in [6, 6.07) is 4.31. The molecule has 0 bridgehead atoms. The molecule has 4 nitrogen and oxygen atoms in total. The highest BCUT2D eigenvalue weighted by Crippen LogP contribution is 2.17. The molecule has 1 aromatic heterocycles. The summed E-state index contributed by atoms with van der Waals surface area (Å²) in [6.07, 6.45) is 0. The minimum Gasteiger partial charge on any atom is -0.383 e. The maximum atomic E-state index is 5.06. The zero-order chi connectivity index (χ0) is 15.0. The zero-order valence-corrected chi connectivity index (χ0v) is 13.5. The number of nitrogens with zero attached hydrogens (tertiary/aromatic N) is 1. The molecule has 0 aliphatic rings. The van der Waals surface area contributed by atoms with E-state index in [1.165, 1.54) is 5.56 Å². The molecule has 0 radical (unpaired) electrons. The van der Waals surface area contributed by atoms with Crippen LogP contribution in [0.15, 0.2) is 12.1 Å². The fourth-order valence-corrected chi connectivity index (χ4v) is 1.89. The van der Waals surface area contributed by atoms with E-state index in [1.807, 2.05) is 0 Å². The van der Waals surface area contributed by atoms with E-state index in [0.717, 1.165) is 31.1 Å². The third kappa shape index (κ3) is 6.35. The SMILES string of the molecule is COCCNc1cc(CNCC(C)C)cc(C(C)C)n1. The van der Waals surface area contributed by atoms with Crippen molar-refractivity contribution in [3.05, 3.63) is 23.4 Å². The molecule has 4 heteroatoms. The van der Waals surface area contributed by atoms with Gasteiger partial charge in [0.1, 0.15) is 5.82 Å². The standard InChI is InChI=1S/C16H29N3O/c1-12(2)10-17-11-14-8-15(13(3)4)19-16(9-14)18-6-7-20-5/h8-9,12-13,17H,6-7,10-11H2,1-5H3,(H,18,19). The van der Waals surface area contributed by atoms with Gasteiger partial charge in [0.05, 0.1) is 6.61 Å². The molecule has 0 aliphatic heterocycles. The molecule has 0 atom stereocenters.